The third kappa shape index (κ3) is 5.40. The molecular formula is C14H30N2O2S. The number of rotatable bonds is 8. The van der Waals surface area contributed by atoms with Gasteiger partial charge in [-0.15, -0.1) is 0 Å². The Labute approximate surface area is 119 Å². The molecule has 5 heteroatoms. The van der Waals surface area contributed by atoms with E-state index < -0.39 is 10.0 Å². The summed E-state index contributed by atoms with van der Waals surface area (Å²) in [5, 5.41) is 3.34. The molecule has 0 aromatic rings. The molecule has 114 valence electrons. The van der Waals surface area contributed by atoms with E-state index in [1.165, 1.54) is 6.42 Å². The third-order valence-electron chi connectivity index (χ3n) is 4.00. The predicted octanol–water partition coefficient (Wildman–Crippen LogP) is 2.36. The highest BCUT2D eigenvalue weighted by atomic mass is 32.2. The number of nitrogens with zero attached hydrogens (tertiary/aromatic N) is 1. The fraction of sp³-hybridized carbons (Fsp3) is 1.00. The molecule has 4 nitrogen and oxygen atoms in total. The molecule has 1 aliphatic heterocycles. The Morgan fingerprint density at radius 3 is 2.58 bits per heavy atom. The fourth-order valence-corrected chi connectivity index (χ4v) is 4.66. The summed E-state index contributed by atoms with van der Waals surface area (Å²) in [5.74, 6) is 0.265. The molecule has 0 spiro atoms. The van der Waals surface area contributed by atoms with Crippen molar-refractivity contribution >= 4 is 10.0 Å². The Hall–Kier alpha value is -0.130. The van der Waals surface area contributed by atoms with Crippen molar-refractivity contribution in [3.63, 3.8) is 0 Å². The lowest BCUT2D eigenvalue weighted by Gasteiger charge is -2.31. The van der Waals surface area contributed by atoms with Crippen molar-refractivity contribution in [3.05, 3.63) is 0 Å². The second kappa shape index (κ2) is 8.22. The molecule has 0 radical (unpaired) electrons. The standard InChI is InChI=1S/C14H30N2O2S/c1-4-6-11-16(13(3)5-2)19(17,18)12-14-9-7-8-10-15-14/h13-15H,4-12H2,1-3H3. The van der Waals surface area contributed by atoms with Crippen molar-refractivity contribution in [1.82, 2.24) is 9.62 Å². The van der Waals surface area contributed by atoms with Gasteiger partial charge in [-0.3, -0.25) is 0 Å². The minimum Gasteiger partial charge on any atom is -0.313 e. The van der Waals surface area contributed by atoms with E-state index in [1.54, 1.807) is 4.31 Å². The van der Waals surface area contributed by atoms with E-state index in [0.717, 1.165) is 38.6 Å². The number of hydrogen-bond acceptors (Lipinski definition) is 3. The average Bonchev–Trinajstić information content (AvgIpc) is 2.39. The van der Waals surface area contributed by atoms with Gasteiger partial charge in [0.15, 0.2) is 0 Å². The topological polar surface area (TPSA) is 49.4 Å². The number of unbranched alkanes of at least 4 members (excludes halogenated alkanes) is 1. The lowest BCUT2D eigenvalue weighted by molar-refractivity contribution is 0.319. The molecule has 0 aromatic heterocycles. The van der Waals surface area contributed by atoms with E-state index in [-0.39, 0.29) is 17.8 Å². The number of piperidine rings is 1. The van der Waals surface area contributed by atoms with Crippen LogP contribution in [0.1, 0.15) is 59.3 Å². The summed E-state index contributed by atoms with van der Waals surface area (Å²) < 4.78 is 26.9. The van der Waals surface area contributed by atoms with Crippen LogP contribution in [0.25, 0.3) is 0 Å². The van der Waals surface area contributed by atoms with Gasteiger partial charge in [-0.05, 0) is 39.2 Å². The average molecular weight is 290 g/mol. The van der Waals surface area contributed by atoms with Crippen LogP contribution in [0.15, 0.2) is 0 Å². The van der Waals surface area contributed by atoms with Crippen molar-refractivity contribution in [3.8, 4) is 0 Å². The molecule has 1 N–H and O–H groups in total. The molecular weight excluding hydrogens is 260 g/mol. The molecule has 0 amide bonds. The maximum Gasteiger partial charge on any atom is 0.215 e. The Balaban J connectivity index is 2.67. The molecule has 19 heavy (non-hydrogen) atoms. The van der Waals surface area contributed by atoms with Gasteiger partial charge in [-0.2, -0.15) is 4.31 Å². The summed E-state index contributed by atoms with van der Waals surface area (Å²) in [5.41, 5.74) is 0. The van der Waals surface area contributed by atoms with Crippen LogP contribution in [0.4, 0.5) is 0 Å². The van der Waals surface area contributed by atoms with Gasteiger partial charge in [0, 0.05) is 18.6 Å². The molecule has 1 fully saturated rings. The van der Waals surface area contributed by atoms with Gasteiger partial charge in [0.05, 0.1) is 5.75 Å². The van der Waals surface area contributed by atoms with E-state index >= 15 is 0 Å². The Bertz CT molecular complexity index is 337. The first-order chi connectivity index (χ1) is 9.01. The highest BCUT2D eigenvalue weighted by Crippen LogP contribution is 2.16. The molecule has 0 aromatic carbocycles. The van der Waals surface area contributed by atoms with Gasteiger partial charge in [0.1, 0.15) is 0 Å². The zero-order valence-corrected chi connectivity index (χ0v) is 13.5. The lowest BCUT2D eigenvalue weighted by Crippen LogP contribution is -2.47. The van der Waals surface area contributed by atoms with Gasteiger partial charge in [-0.1, -0.05) is 26.7 Å². The van der Waals surface area contributed by atoms with Crippen molar-refractivity contribution in [2.24, 2.45) is 0 Å². The fourth-order valence-electron chi connectivity index (χ4n) is 2.57. The molecule has 2 atom stereocenters. The normalized spacial score (nSPS) is 22.6. The third-order valence-corrected chi connectivity index (χ3v) is 6.08. The van der Waals surface area contributed by atoms with Crippen LogP contribution in [-0.4, -0.2) is 43.6 Å². The largest absolute Gasteiger partial charge is 0.313 e. The molecule has 1 rings (SSSR count). The zero-order valence-electron chi connectivity index (χ0n) is 12.7. The highest BCUT2D eigenvalue weighted by Gasteiger charge is 2.29. The van der Waals surface area contributed by atoms with Crippen LogP contribution in [0, 0.1) is 0 Å². The molecule has 0 aliphatic carbocycles. The highest BCUT2D eigenvalue weighted by molar-refractivity contribution is 7.89. The quantitative estimate of drug-likeness (QED) is 0.746. The van der Waals surface area contributed by atoms with Gasteiger partial charge >= 0.3 is 0 Å². The number of nitrogens with one attached hydrogen (secondary N) is 1. The molecule has 0 bridgehead atoms. The summed E-state index contributed by atoms with van der Waals surface area (Å²) in [6, 6.07) is 0.257. The van der Waals surface area contributed by atoms with E-state index in [9.17, 15) is 8.42 Å². The zero-order chi connectivity index (χ0) is 14.3. The Morgan fingerprint density at radius 1 is 1.32 bits per heavy atom. The summed E-state index contributed by atoms with van der Waals surface area (Å²) in [6.07, 6.45) is 6.15. The van der Waals surface area contributed by atoms with E-state index in [1.807, 2.05) is 6.92 Å². The van der Waals surface area contributed by atoms with E-state index in [0.29, 0.717) is 6.54 Å². The molecule has 1 heterocycles. The van der Waals surface area contributed by atoms with Crippen LogP contribution >= 0.6 is 0 Å². The van der Waals surface area contributed by atoms with Crippen LogP contribution < -0.4 is 5.32 Å². The van der Waals surface area contributed by atoms with Crippen molar-refractivity contribution < 1.29 is 8.42 Å². The van der Waals surface area contributed by atoms with E-state index in [4.69, 9.17) is 0 Å². The van der Waals surface area contributed by atoms with Crippen LogP contribution in [-0.2, 0) is 10.0 Å². The summed E-state index contributed by atoms with van der Waals surface area (Å²) in [6.45, 7) is 7.79. The number of hydrogen-bond donors (Lipinski definition) is 1. The smallest absolute Gasteiger partial charge is 0.215 e. The van der Waals surface area contributed by atoms with Crippen molar-refractivity contribution in [2.75, 3.05) is 18.8 Å². The minimum atomic E-state index is -3.13. The van der Waals surface area contributed by atoms with Crippen LogP contribution in [0.5, 0.6) is 0 Å². The van der Waals surface area contributed by atoms with Gasteiger partial charge in [-0.25, -0.2) is 8.42 Å². The monoisotopic (exact) mass is 290 g/mol. The first-order valence-corrected chi connectivity index (χ1v) is 9.35. The predicted molar refractivity (Wildman–Crippen MR) is 80.8 cm³/mol. The van der Waals surface area contributed by atoms with Gasteiger partial charge in [0.2, 0.25) is 10.0 Å². The van der Waals surface area contributed by atoms with Gasteiger partial charge < -0.3 is 5.32 Å². The number of sulfonamides is 1. The second-order valence-corrected chi connectivity index (χ2v) is 7.61. The molecule has 0 saturated carbocycles. The van der Waals surface area contributed by atoms with Crippen LogP contribution in [0.2, 0.25) is 0 Å². The minimum absolute atomic E-state index is 0.111. The lowest BCUT2D eigenvalue weighted by atomic mass is 10.1. The Kier molecular flexibility index (Phi) is 7.32. The molecule has 2 unspecified atom stereocenters. The summed E-state index contributed by atoms with van der Waals surface area (Å²) >= 11 is 0. The molecule has 1 saturated heterocycles. The van der Waals surface area contributed by atoms with Gasteiger partial charge in [0.25, 0.3) is 0 Å². The van der Waals surface area contributed by atoms with Crippen LogP contribution in [0.3, 0.4) is 0 Å². The summed E-state index contributed by atoms with van der Waals surface area (Å²) in [7, 11) is -3.13. The maximum absolute atomic E-state index is 12.6. The molecule has 1 aliphatic rings. The Morgan fingerprint density at radius 2 is 2.05 bits per heavy atom. The summed E-state index contributed by atoms with van der Waals surface area (Å²) in [4.78, 5) is 0. The van der Waals surface area contributed by atoms with Crippen molar-refractivity contribution in [2.45, 2.75) is 71.4 Å². The first-order valence-electron chi connectivity index (χ1n) is 7.74. The second-order valence-electron chi connectivity index (χ2n) is 5.65. The SMILES string of the molecule is CCCCN(C(C)CC)S(=O)(=O)CC1CCCCN1. The maximum atomic E-state index is 12.6. The first kappa shape index (κ1) is 16.9. The van der Waals surface area contributed by atoms with Crippen molar-refractivity contribution in [1.29, 1.82) is 0 Å². The van der Waals surface area contributed by atoms with E-state index in [2.05, 4.69) is 19.2 Å².